The van der Waals surface area contributed by atoms with Gasteiger partial charge in [0.15, 0.2) is 0 Å². The first kappa shape index (κ1) is 13.4. The van der Waals surface area contributed by atoms with Crippen molar-refractivity contribution in [1.82, 2.24) is 4.98 Å². The van der Waals surface area contributed by atoms with E-state index in [0.29, 0.717) is 11.3 Å². The number of carbonyl (C=O) groups excluding carboxylic acids is 1. The molecular formula is C14H15N3OS. The summed E-state index contributed by atoms with van der Waals surface area (Å²) in [5, 5.41) is 0.853. The van der Waals surface area contributed by atoms with Crippen molar-refractivity contribution in [2.75, 3.05) is 5.73 Å². The lowest BCUT2D eigenvalue weighted by Gasteiger charge is -2.07. The summed E-state index contributed by atoms with van der Waals surface area (Å²) in [5.41, 5.74) is 14.3. The van der Waals surface area contributed by atoms with E-state index in [-0.39, 0.29) is 0 Å². The molecule has 1 aromatic carbocycles. The second-order valence-electron chi connectivity index (χ2n) is 4.34. The number of anilines is 1. The highest BCUT2D eigenvalue weighted by Gasteiger charge is 2.08. The third-order valence-corrected chi connectivity index (χ3v) is 3.58. The first-order valence-electron chi connectivity index (χ1n) is 5.78. The summed E-state index contributed by atoms with van der Waals surface area (Å²) >= 11 is 1.43. The Hall–Kier alpha value is -2.01. The van der Waals surface area contributed by atoms with Crippen LogP contribution in [0.1, 0.15) is 21.6 Å². The Morgan fingerprint density at radius 3 is 2.58 bits per heavy atom. The molecule has 0 atom stereocenters. The van der Waals surface area contributed by atoms with Crippen molar-refractivity contribution in [1.29, 1.82) is 0 Å². The van der Waals surface area contributed by atoms with Crippen LogP contribution in [0.2, 0.25) is 0 Å². The van der Waals surface area contributed by atoms with Crippen LogP contribution in [0.3, 0.4) is 0 Å². The Kier molecular flexibility index (Phi) is 3.76. The average Bonchev–Trinajstić information content (AvgIpc) is 2.30. The fourth-order valence-electron chi connectivity index (χ4n) is 1.75. The Morgan fingerprint density at radius 1 is 1.21 bits per heavy atom. The number of hydrogen-bond acceptors (Lipinski definition) is 4. The third kappa shape index (κ3) is 3.26. The molecule has 0 aliphatic heterocycles. The van der Waals surface area contributed by atoms with Crippen LogP contribution in [0.4, 0.5) is 5.69 Å². The molecule has 5 heteroatoms. The fraction of sp³-hybridized carbons (Fsp3) is 0.143. The summed E-state index contributed by atoms with van der Waals surface area (Å²) in [6, 6.07) is 8.99. The molecule has 0 fully saturated rings. The van der Waals surface area contributed by atoms with E-state index in [2.05, 4.69) is 4.98 Å². The molecule has 0 radical (unpaired) electrons. The van der Waals surface area contributed by atoms with Crippen LogP contribution in [-0.4, -0.2) is 10.9 Å². The van der Waals surface area contributed by atoms with Gasteiger partial charge in [0.1, 0.15) is 5.03 Å². The van der Waals surface area contributed by atoms with E-state index < -0.39 is 5.91 Å². The van der Waals surface area contributed by atoms with Crippen molar-refractivity contribution in [3.63, 3.8) is 0 Å². The number of amides is 1. The number of carbonyl (C=O) groups is 1. The molecule has 19 heavy (non-hydrogen) atoms. The van der Waals surface area contributed by atoms with Gasteiger partial charge < -0.3 is 11.5 Å². The van der Waals surface area contributed by atoms with E-state index >= 15 is 0 Å². The number of nitrogens with two attached hydrogens (primary N) is 2. The zero-order valence-electron chi connectivity index (χ0n) is 10.8. The van der Waals surface area contributed by atoms with Crippen LogP contribution < -0.4 is 11.5 Å². The second-order valence-corrected chi connectivity index (χ2v) is 5.41. The van der Waals surface area contributed by atoms with Crippen LogP contribution >= 0.6 is 11.8 Å². The summed E-state index contributed by atoms with van der Waals surface area (Å²) in [4.78, 5) is 16.4. The molecule has 4 N–H and O–H groups in total. The van der Waals surface area contributed by atoms with E-state index in [1.807, 2.05) is 26.0 Å². The topological polar surface area (TPSA) is 82.0 Å². The molecule has 4 nitrogen and oxygen atoms in total. The molecule has 0 aliphatic carbocycles. The first-order valence-corrected chi connectivity index (χ1v) is 6.60. The average molecular weight is 273 g/mol. The minimum atomic E-state index is -0.463. The van der Waals surface area contributed by atoms with E-state index in [4.69, 9.17) is 11.5 Å². The van der Waals surface area contributed by atoms with Crippen molar-refractivity contribution >= 4 is 23.4 Å². The van der Waals surface area contributed by atoms with Crippen molar-refractivity contribution in [2.24, 2.45) is 5.73 Å². The Bertz CT molecular complexity index is 620. The molecule has 0 aliphatic rings. The molecule has 0 spiro atoms. The van der Waals surface area contributed by atoms with E-state index in [0.717, 1.165) is 21.2 Å². The molecule has 0 unspecified atom stereocenters. The molecule has 1 heterocycles. The van der Waals surface area contributed by atoms with Gasteiger partial charge in [0.2, 0.25) is 5.91 Å². The maximum Gasteiger partial charge on any atom is 0.248 e. The maximum atomic E-state index is 11.2. The third-order valence-electron chi connectivity index (χ3n) is 2.59. The number of aromatic nitrogens is 1. The van der Waals surface area contributed by atoms with Crippen molar-refractivity contribution < 1.29 is 4.79 Å². The van der Waals surface area contributed by atoms with Crippen molar-refractivity contribution in [2.45, 2.75) is 23.8 Å². The quantitative estimate of drug-likeness (QED) is 0.842. The van der Waals surface area contributed by atoms with Gasteiger partial charge in [-0.3, -0.25) is 4.79 Å². The predicted molar refractivity (Wildman–Crippen MR) is 77.2 cm³/mol. The van der Waals surface area contributed by atoms with E-state index in [1.54, 1.807) is 18.2 Å². The monoisotopic (exact) mass is 273 g/mol. The standard InChI is InChI=1S/C14H15N3OS/c1-8-5-9(2)17-13(6-8)19-12-7-10(14(16)18)3-4-11(12)15/h3-7H,15H2,1-2H3,(H2,16,18). The fourth-order valence-corrected chi connectivity index (χ4v) is 2.78. The predicted octanol–water partition coefficient (Wildman–Crippen LogP) is 2.53. The highest BCUT2D eigenvalue weighted by Crippen LogP contribution is 2.32. The van der Waals surface area contributed by atoms with Crippen LogP contribution in [-0.2, 0) is 0 Å². The number of benzene rings is 1. The lowest BCUT2D eigenvalue weighted by molar-refractivity contribution is 0.1000. The molecule has 0 saturated heterocycles. The summed E-state index contributed by atoms with van der Waals surface area (Å²) in [6.45, 7) is 3.96. The van der Waals surface area contributed by atoms with Crippen molar-refractivity contribution in [3.8, 4) is 0 Å². The van der Waals surface area contributed by atoms with Gasteiger partial charge in [-0.1, -0.05) is 11.8 Å². The maximum absolute atomic E-state index is 11.2. The molecule has 98 valence electrons. The molecule has 0 bridgehead atoms. The molecule has 1 aromatic heterocycles. The number of aryl methyl sites for hydroxylation is 2. The number of pyridine rings is 1. The van der Waals surface area contributed by atoms with Gasteiger partial charge in [-0.05, 0) is 49.7 Å². The first-order chi connectivity index (χ1) is 8.95. The number of rotatable bonds is 3. The van der Waals surface area contributed by atoms with Crippen LogP contribution in [0.15, 0.2) is 40.3 Å². The summed E-state index contributed by atoms with van der Waals surface area (Å²) in [5.74, 6) is -0.463. The lowest BCUT2D eigenvalue weighted by Crippen LogP contribution is -2.11. The largest absolute Gasteiger partial charge is 0.398 e. The number of nitrogen functional groups attached to an aromatic ring is 1. The van der Waals surface area contributed by atoms with Gasteiger partial charge in [-0.15, -0.1) is 0 Å². The van der Waals surface area contributed by atoms with Crippen LogP contribution in [0.25, 0.3) is 0 Å². The highest BCUT2D eigenvalue weighted by molar-refractivity contribution is 7.99. The second kappa shape index (κ2) is 5.32. The van der Waals surface area contributed by atoms with Crippen LogP contribution in [0.5, 0.6) is 0 Å². The number of nitrogens with zero attached hydrogens (tertiary/aromatic N) is 1. The summed E-state index contributed by atoms with van der Waals surface area (Å²) in [7, 11) is 0. The van der Waals surface area contributed by atoms with Crippen molar-refractivity contribution in [3.05, 3.63) is 47.2 Å². The van der Waals surface area contributed by atoms with Gasteiger partial charge >= 0.3 is 0 Å². The normalized spacial score (nSPS) is 10.4. The SMILES string of the molecule is Cc1cc(C)nc(Sc2cc(C(N)=O)ccc2N)c1. The number of primary amides is 1. The molecule has 0 saturated carbocycles. The van der Waals surface area contributed by atoms with E-state index in [1.165, 1.54) is 11.8 Å². The van der Waals surface area contributed by atoms with Gasteiger partial charge in [-0.25, -0.2) is 4.98 Å². The zero-order valence-corrected chi connectivity index (χ0v) is 11.6. The molecule has 2 aromatic rings. The molecule has 1 amide bonds. The molecule has 2 rings (SSSR count). The van der Waals surface area contributed by atoms with Gasteiger partial charge in [0, 0.05) is 21.8 Å². The summed E-state index contributed by atoms with van der Waals surface area (Å²) in [6.07, 6.45) is 0. The zero-order chi connectivity index (χ0) is 14.0. The Labute approximate surface area is 116 Å². The lowest BCUT2D eigenvalue weighted by atomic mass is 10.2. The highest BCUT2D eigenvalue weighted by atomic mass is 32.2. The smallest absolute Gasteiger partial charge is 0.248 e. The minimum absolute atomic E-state index is 0.445. The van der Waals surface area contributed by atoms with Gasteiger partial charge in [0.25, 0.3) is 0 Å². The Balaban J connectivity index is 2.37. The molecular weight excluding hydrogens is 258 g/mol. The Morgan fingerprint density at radius 2 is 1.95 bits per heavy atom. The number of hydrogen-bond donors (Lipinski definition) is 2. The minimum Gasteiger partial charge on any atom is -0.398 e. The van der Waals surface area contributed by atoms with Gasteiger partial charge in [-0.2, -0.15) is 0 Å². The van der Waals surface area contributed by atoms with Gasteiger partial charge in [0.05, 0.1) is 0 Å². The van der Waals surface area contributed by atoms with Crippen LogP contribution in [0, 0.1) is 13.8 Å². The summed E-state index contributed by atoms with van der Waals surface area (Å²) < 4.78 is 0. The van der Waals surface area contributed by atoms with E-state index in [9.17, 15) is 4.79 Å².